The third-order valence-electron chi connectivity index (χ3n) is 1.39. The standard InChI is InChI=1S/C7H7FO2S2/c1-6-2-4-7(5-3-6)12(9,10)11-8/h2-5H,1H3. The molecule has 1 aromatic rings. The molecule has 0 saturated carbocycles. The molecule has 66 valence electrons. The van der Waals surface area contributed by atoms with Gasteiger partial charge in [-0.1, -0.05) is 17.7 Å². The van der Waals surface area contributed by atoms with Gasteiger partial charge < -0.3 is 0 Å². The number of halogens is 1. The quantitative estimate of drug-likeness (QED) is 0.696. The molecular weight excluding hydrogens is 199 g/mol. The number of hydrogen-bond acceptors (Lipinski definition) is 3. The summed E-state index contributed by atoms with van der Waals surface area (Å²) in [6.07, 6.45) is 0. The van der Waals surface area contributed by atoms with Crippen LogP contribution in [0.25, 0.3) is 0 Å². The van der Waals surface area contributed by atoms with E-state index >= 15 is 0 Å². The lowest BCUT2D eigenvalue weighted by molar-refractivity contribution is 0.609. The van der Waals surface area contributed by atoms with Crippen molar-refractivity contribution in [2.75, 3.05) is 0 Å². The smallest absolute Gasteiger partial charge is 0.210 e. The van der Waals surface area contributed by atoms with E-state index in [0.717, 1.165) is 5.56 Å². The van der Waals surface area contributed by atoms with E-state index in [1.165, 1.54) is 12.1 Å². The Hall–Kier alpha value is -0.550. The molecule has 1 aromatic carbocycles. The van der Waals surface area contributed by atoms with Gasteiger partial charge in [0.25, 0.3) is 8.87 Å². The summed E-state index contributed by atoms with van der Waals surface area (Å²) in [6, 6.07) is 6.03. The van der Waals surface area contributed by atoms with Crippen molar-refractivity contribution < 1.29 is 12.3 Å². The first-order valence-electron chi connectivity index (χ1n) is 3.18. The largest absolute Gasteiger partial charge is 0.260 e. The lowest BCUT2D eigenvalue weighted by atomic mass is 10.2. The van der Waals surface area contributed by atoms with Crippen molar-refractivity contribution >= 4 is 20.0 Å². The van der Waals surface area contributed by atoms with Crippen molar-refractivity contribution in [3.63, 3.8) is 0 Å². The third-order valence-corrected chi connectivity index (χ3v) is 3.48. The minimum Gasteiger partial charge on any atom is -0.210 e. The molecule has 12 heavy (non-hydrogen) atoms. The van der Waals surface area contributed by atoms with Crippen LogP contribution in [0.2, 0.25) is 0 Å². The summed E-state index contributed by atoms with van der Waals surface area (Å²) in [6.45, 7) is 1.83. The molecule has 0 amide bonds. The Bertz CT molecular complexity index is 355. The molecule has 0 fully saturated rings. The number of hydrogen-bond donors (Lipinski definition) is 0. The van der Waals surface area contributed by atoms with Gasteiger partial charge in [-0.25, -0.2) is 8.42 Å². The number of aryl methyl sites for hydroxylation is 1. The molecule has 0 aliphatic carbocycles. The molecule has 0 aliphatic rings. The van der Waals surface area contributed by atoms with Crippen LogP contribution in [0.5, 0.6) is 0 Å². The van der Waals surface area contributed by atoms with Gasteiger partial charge in [0.15, 0.2) is 11.2 Å². The van der Waals surface area contributed by atoms with E-state index in [4.69, 9.17) is 0 Å². The van der Waals surface area contributed by atoms with Gasteiger partial charge in [0.2, 0.25) is 0 Å². The van der Waals surface area contributed by atoms with E-state index in [0.29, 0.717) is 0 Å². The topological polar surface area (TPSA) is 34.1 Å². The molecule has 0 bridgehead atoms. The summed E-state index contributed by atoms with van der Waals surface area (Å²) in [5.41, 5.74) is 0.942. The summed E-state index contributed by atoms with van der Waals surface area (Å²) in [4.78, 5) is 0.000556. The molecule has 1 rings (SSSR count). The fraction of sp³-hybridized carbons (Fsp3) is 0.143. The summed E-state index contributed by atoms with van der Waals surface area (Å²) in [5, 5.41) is 0. The molecule has 0 unspecified atom stereocenters. The predicted molar refractivity (Wildman–Crippen MR) is 47.1 cm³/mol. The van der Waals surface area contributed by atoms with Crippen LogP contribution in [0.3, 0.4) is 0 Å². The maximum absolute atomic E-state index is 11.9. The van der Waals surface area contributed by atoms with Crippen LogP contribution in [-0.4, -0.2) is 8.42 Å². The highest BCUT2D eigenvalue weighted by atomic mass is 33.2. The molecular formula is C7H7FO2S2. The Morgan fingerprint density at radius 1 is 1.25 bits per heavy atom. The molecule has 0 heterocycles. The highest BCUT2D eigenvalue weighted by molar-refractivity contribution is 8.69. The van der Waals surface area contributed by atoms with Crippen molar-refractivity contribution in [3.05, 3.63) is 29.8 Å². The monoisotopic (exact) mass is 206 g/mol. The van der Waals surface area contributed by atoms with Crippen molar-refractivity contribution in [1.29, 1.82) is 0 Å². The fourth-order valence-corrected chi connectivity index (χ4v) is 1.84. The average Bonchev–Trinajstić information content (AvgIpc) is 2.05. The van der Waals surface area contributed by atoms with Gasteiger partial charge in [-0.2, -0.15) is 0 Å². The van der Waals surface area contributed by atoms with E-state index in [1.807, 2.05) is 6.92 Å². The Morgan fingerprint density at radius 3 is 2.17 bits per heavy atom. The first kappa shape index (κ1) is 9.54. The highest BCUT2D eigenvalue weighted by Gasteiger charge is 2.14. The van der Waals surface area contributed by atoms with Gasteiger partial charge in [0, 0.05) is 0 Å². The van der Waals surface area contributed by atoms with E-state index in [1.54, 1.807) is 12.1 Å². The Labute approximate surface area is 74.4 Å². The van der Waals surface area contributed by atoms with E-state index < -0.39 is 20.0 Å². The lowest BCUT2D eigenvalue weighted by Crippen LogP contribution is -1.91. The first-order valence-corrected chi connectivity index (χ1v) is 5.90. The second kappa shape index (κ2) is 3.45. The number of rotatable bonds is 2. The van der Waals surface area contributed by atoms with Crippen LogP contribution in [0, 0.1) is 6.92 Å². The fourth-order valence-electron chi connectivity index (χ4n) is 0.741. The van der Waals surface area contributed by atoms with E-state index in [-0.39, 0.29) is 4.90 Å². The Kier molecular flexibility index (Phi) is 2.74. The van der Waals surface area contributed by atoms with Gasteiger partial charge in [0.05, 0.1) is 4.90 Å². The maximum atomic E-state index is 11.9. The van der Waals surface area contributed by atoms with Crippen LogP contribution < -0.4 is 0 Å². The lowest BCUT2D eigenvalue weighted by Gasteiger charge is -1.97. The first-order chi connectivity index (χ1) is 5.56. The molecule has 0 saturated heterocycles. The molecule has 0 spiro atoms. The molecule has 0 aliphatic heterocycles. The van der Waals surface area contributed by atoms with Gasteiger partial charge >= 0.3 is 0 Å². The van der Waals surface area contributed by atoms with E-state index in [9.17, 15) is 12.3 Å². The highest BCUT2D eigenvalue weighted by Crippen LogP contribution is 2.23. The second-order valence-electron chi connectivity index (χ2n) is 2.33. The van der Waals surface area contributed by atoms with Crippen molar-refractivity contribution in [3.8, 4) is 0 Å². The van der Waals surface area contributed by atoms with Crippen LogP contribution in [-0.2, 0) is 8.87 Å². The van der Waals surface area contributed by atoms with Crippen LogP contribution in [0.1, 0.15) is 5.56 Å². The van der Waals surface area contributed by atoms with Crippen molar-refractivity contribution in [2.45, 2.75) is 11.8 Å². The zero-order chi connectivity index (χ0) is 9.19. The summed E-state index contributed by atoms with van der Waals surface area (Å²) >= 11 is -0.642. The van der Waals surface area contributed by atoms with E-state index in [2.05, 4.69) is 0 Å². The van der Waals surface area contributed by atoms with Gasteiger partial charge in [-0.3, -0.25) is 0 Å². The SMILES string of the molecule is Cc1ccc(S(=O)(=O)SF)cc1. The van der Waals surface area contributed by atoms with Gasteiger partial charge in [-0.05, 0) is 19.1 Å². The maximum Gasteiger partial charge on any atom is 0.260 e. The van der Waals surface area contributed by atoms with Crippen LogP contribution >= 0.6 is 11.2 Å². The zero-order valence-electron chi connectivity index (χ0n) is 6.32. The zero-order valence-corrected chi connectivity index (χ0v) is 7.95. The van der Waals surface area contributed by atoms with Crippen molar-refractivity contribution in [1.82, 2.24) is 0 Å². The molecule has 2 nitrogen and oxygen atoms in total. The molecule has 0 N–H and O–H groups in total. The Balaban J connectivity index is 3.14. The molecule has 0 atom stereocenters. The van der Waals surface area contributed by atoms with Gasteiger partial charge in [-0.15, -0.1) is 3.89 Å². The van der Waals surface area contributed by atoms with Crippen LogP contribution in [0.4, 0.5) is 3.89 Å². The number of benzene rings is 1. The second-order valence-corrected chi connectivity index (χ2v) is 5.53. The summed E-state index contributed by atoms with van der Waals surface area (Å²) in [5.74, 6) is 0. The van der Waals surface area contributed by atoms with Crippen LogP contribution in [0.15, 0.2) is 29.2 Å². The summed E-state index contributed by atoms with van der Waals surface area (Å²) < 4.78 is 33.7. The molecule has 0 radical (unpaired) electrons. The molecule has 0 aromatic heterocycles. The minimum atomic E-state index is -3.76. The predicted octanol–water partition coefficient (Wildman–Crippen LogP) is 2.30. The Morgan fingerprint density at radius 2 is 1.75 bits per heavy atom. The molecule has 5 heteroatoms. The minimum absolute atomic E-state index is 0.000556. The van der Waals surface area contributed by atoms with Crippen molar-refractivity contribution in [2.24, 2.45) is 0 Å². The summed E-state index contributed by atoms with van der Waals surface area (Å²) in [7, 11) is -3.76. The average molecular weight is 206 g/mol. The van der Waals surface area contributed by atoms with Gasteiger partial charge in [0.1, 0.15) is 0 Å². The third kappa shape index (κ3) is 1.98. The normalized spacial score (nSPS) is 11.5.